The molecule has 0 bridgehead atoms. The molecule has 84 valence electrons. The van der Waals surface area contributed by atoms with Gasteiger partial charge in [0.1, 0.15) is 25.3 Å². The highest BCUT2D eigenvalue weighted by Crippen LogP contribution is 2.12. The standard InChI is InChI=1S/C11H12N2O3/c1-8-3-2-4-12-10(8)13-11(14)9-7-15-5-6-16-9/h2-4,7H,5-6H2,1H3,(H,12,13,14). The molecule has 1 aliphatic heterocycles. The third kappa shape index (κ3) is 2.31. The van der Waals surface area contributed by atoms with Crippen LogP contribution < -0.4 is 5.32 Å². The van der Waals surface area contributed by atoms with E-state index in [2.05, 4.69) is 10.3 Å². The van der Waals surface area contributed by atoms with E-state index in [9.17, 15) is 4.79 Å². The molecule has 0 fully saturated rings. The Kier molecular flexibility index (Phi) is 3.05. The van der Waals surface area contributed by atoms with Gasteiger partial charge in [-0.15, -0.1) is 0 Å². The van der Waals surface area contributed by atoms with Gasteiger partial charge < -0.3 is 14.8 Å². The zero-order valence-electron chi connectivity index (χ0n) is 8.90. The SMILES string of the molecule is Cc1cccnc1NC(=O)C1=COCCO1. The molecule has 0 atom stereocenters. The highest BCUT2D eigenvalue weighted by Gasteiger charge is 2.15. The lowest BCUT2D eigenvalue weighted by molar-refractivity contribution is -0.117. The van der Waals surface area contributed by atoms with Crippen LogP contribution in [0.1, 0.15) is 5.56 Å². The molecule has 1 aromatic heterocycles. The van der Waals surface area contributed by atoms with E-state index >= 15 is 0 Å². The number of pyridine rings is 1. The highest BCUT2D eigenvalue weighted by molar-refractivity contribution is 6.01. The monoisotopic (exact) mass is 220 g/mol. The van der Waals surface area contributed by atoms with Crippen molar-refractivity contribution in [3.05, 3.63) is 35.9 Å². The maximum atomic E-state index is 11.7. The smallest absolute Gasteiger partial charge is 0.295 e. The van der Waals surface area contributed by atoms with Crippen LogP contribution in [-0.2, 0) is 14.3 Å². The van der Waals surface area contributed by atoms with Gasteiger partial charge in [-0.1, -0.05) is 6.07 Å². The Bertz CT molecular complexity index is 429. The summed E-state index contributed by atoms with van der Waals surface area (Å²) in [4.78, 5) is 15.8. The van der Waals surface area contributed by atoms with Crippen molar-refractivity contribution in [1.82, 2.24) is 4.98 Å². The maximum Gasteiger partial charge on any atom is 0.295 e. The quantitative estimate of drug-likeness (QED) is 0.814. The van der Waals surface area contributed by atoms with Crippen molar-refractivity contribution < 1.29 is 14.3 Å². The summed E-state index contributed by atoms with van der Waals surface area (Å²) in [5, 5.41) is 2.66. The lowest BCUT2D eigenvalue weighted by atomic mass is 10.3. The van der Waals surface area contributed by atoms with E-state index in [1.807, 2.05) is 19.1 Å². The molecule has 0 aromatic carbocycles. The molecule has 5 nitrogen and oxygen atoms in total. The Balaban J connectivity index is 2.07. The van der Waals surface area contributed by atoms with Crippen molar-refractivity contribution in [2.24, 2.45) is 0 Å². The normalized spacial score (nSPS) is 14.4. The predicted molar refractivity (Wildman–Crippen MR) is 57.6 cm³/mol. The van der Waals surface area contributed by atoms with Crippen molar-refractivity contribution in [2.75, 3.05) is 18.5 Å². The van der Waals surface area contributed by atoms with E-state index in [-0.39, 0.29) is 11.7 Å². The van der Waals surface area contributed by atoms with Crippen molar-refractivity contribution >= 4 is 11.7 Å². The summed E-state index contributed by atoms with van der Waals surface area (Å²) >= 11 is 0. The van der Waals surface area contributed by atoms with E-state index in [1.54, 1.807) is 6.20 Å². The van der Waals surface area contributed by atoms with Crippen LogP contribution in [0.5, 0.6) is 0 Å². The average Bonchev–Trinajstić information content (AvgIpc) is 2.33. The van der Waals surface area contributed by atoms with Gasteiger partial charge >= 0.3 is 0 Å². The zero-order valence-corrected chi connectivity index (χ0v) is 8.90. The molecule has 0 radical (unpaired) electrons. The average molecular weight is 220 g/mol. The number of anilines is 1. The lowest BCUT2D eigenvalue weighted by Gasteiger charge is -2.15. The number of rotatable bonds is 2. The van der Waals surface area contributed by atoms with Crippen molar-refractivity contribution in [3.63, 3.8) is 0 Å². The first-order chi connectivity index (χ1) is 7.77. The van der Waals surface area contributed by atoms with E-state index in [0.29, 0.717) is 19.0 Å². The third-order valence-electron chi connectivity index (χ3n) is 2.11. The number of amides is 1. The van der Waals surface area contributed by atoms with Gasteiger partial charge in [0.25, 0.3) is 5.91 Å². The molecule has 0 saturated heterocycles. The van der Waals surface area contributed by atoms with Crippen molar-refractivity contribution in [2.45, 2.75) is 6.92 Å². The van der Waals surface area contributed by atoms with Crippen molar-refractivity contribution in [3.8, 4) is 0 Å². The van der Waals surface area contributed by atoms with Gasteiger partial charge in [-0.05, 0) is 18.6 Å². The Morgan fingerprint density at radius 1 is 1.50 bits per heavy atom. The molecule has 0 unspecified atom stereocenters. The van der Waals surface area contributed by atoms with Gasteiger partial charge in [-0.2, -0.15) is 0 Å². The number of carbonyl (C=O) groups is 1. The van der Waals surface area contributed by atoms with E-state index in [0.717, 1.165) is 5.56 Å². The fourth-order valence-corrected chi connectivity index (χ4v) is 1.27. The second kappa shape index (κ2) is 4.65. The first-order valence-electron chi connectivity index (χ1n) is 4.95. The molecule has 2 heterocycles. The minimum Gasteiger partial charge on any atom is -0.494 e. The molecule has 5 heteroatoms. The van der Waals surface area contributed by atoms with Crippen LogP contribution in [0, 0.1) is 6.92 Å². The summed E-state index contributed by atoms with van der Waals surface area (Å²) in [6, 6.07) is 3.68. The Hall–Kier alpha value is -2.04. The molecule has 0 saturated carbocycles. The minimum absolute atomic E-state index is 0.177. The van der Waals surface area contributed by atoms with E-state index in [4.69, 9.17) is 9.47 Å². The summed E-state index contributed by atoms with van der Waals surface area (Å²) in [5.74, 6) is 0.361. The van der Waals surface area contributed by atoms with Crippen molar-refractivity contribution in [1.29, 1.82) is 0 Å². The number of nitrogens with one attached hydrogen (secondary N) is 1. The summed E-state index contributed by atoms with van der Waals surface area (Å²) in [6.07, 6.45) is 2.94. The Labute approximate surface area is 93.1 Å². The number of carbonyl (C=O) groups excluding carboxylic acids is 1. The van der Waals surface area contributed by atoms with Crippen LogP contribution in [0.15, 0.2) is 30.4 Å². The Morgan fingerprint density at radius 3 is 3.06 bits per heavy atom. The number of aryl methyl sites for hydroxylation is 1. The van der Waals surface area contributed by atoms with Crippen LogP contribution in [0.3, 0.4) is 0 Å². The number of aromatic nitrogens is 1. The van der Waals surface area contributed by atoms with E-state index < -0.39 is 0 Å². The van der Waals surface area contributed by atoms with E-state index in [1.165, 1.54) is 6.26 Å². The number of hydrogen-bond acceptors (Lipinski definition) is 4. The topological polar surface area (TPSA) is 60.5 Å². The summed E-state index contributed by atoms with van der Waals surface area (Å²) in [5.41, 5.74) is 0.896. The fourth-order valence-electron chi connectivity index (χ4n) is 1.27. The second-order valence-corrected chi connectivity index (χ2v) is 3.32. The molecule has 1 N–H and O–H groups in total. The van der Waals surface area contributed by atoms with Crippen LogP contribution in [0.4, 0.5) is 5.82 Å². The van der Waals surface area contributed by atoms with Crippen LogP contribution in [-0.4, -0.2) is 24.1 Å². The van der Waals surface area contributed by atoms with Gasteiger partial charge in [-0.3, -0.25) is 4.79 Å². The number of ether oxygens (including phenoxy) is 2. The summed E-state index contributed by atoms with van der Waals surface area (Å²) in [7, 11) is 0. The zero-order chi connectivity index (χ0) is 11.4. The molecule has 1 aromatic rings. The predicted octanol–water partition coefficient (Wildman–Crippen LogP) is 1.22. The Morgan fingerprint density at radius 2 is 2.38 bits per heavy atom. The first-order valence-corrected chi connectivity index (χ1v) is 4.95. The molecule has 0 spiro atoms. The highest BCUT2D eigenvalue weighted by atomic mass is 16.6. The maximum absolute atomic E-state index is 11.7. The van der Waals surface area contributed by atoms with Crippen LogP contribution >= 0.6 is 0 Å². The van der Waals surface area contributed by atoms with Gasteiger partial charge in [-0.25, -0.2) is 4.98 Å². The van der Waals surface area contributed by atoms with Gasteiger partial charge in [0, 0.05) is 6.20 Å². The molecule has 2 rings (SSSR count). The van der Waals surface area contributed by atoms with Gasteiger partial charge in [0.05, 0.1) is 0 Å². The first kappa shape index (κ1) is 10.5. The van der Waals surface area contributed by atoms with Crippen LogP contribution in [0.25, 0.3) is 0 Å². The van der Waals surface area contributed by atoms with Gasteiger partial charge in [0.2, 0.25) is 5.76 Å². The summed E-state index contributed by atoms with van der Waals surface area (Å²) < 4.78 is 10.2. The largest absolute Gasteiger partial charge is 0.494 e. The third-order valence-corrected chi connectivity index (χ3v) is 2.11. The minimum atomic E-state index is -0.346. The van der Waals surface area contributed by atoms with Crippen LogP contribution in [0.2, 0.25) is 0 Å². The number of hydrogen-bond donors (Lipinski definition) is 1. The molecular weight excluding hydrogens is 208 g/mol. The molecule has 1 amide bonds. The van der Waals surface area contributed by atoms with Gasteiger partial charge in [0.15, 0.2) is 0 Å². The fraction of sp³-hybridized carbons (Fsp3) is 0.273. The molecule has 1 aliphatic rings. The lowest BCUT2D eigenvalue weighted by Crippen LogP contribution is -2.21. The molecule has 16 heavy (non-hydrogen) atoms. The second-order valence-electron chi connectivity index (χ2n) is 3.32. The molecule has 0 aliphatic carbocycles. The summed E-state index contributed by atoms with van der Waals surface area (Å²) in [6.45, 7) is 2.73. The number of nitrogens with zero attached hydrogens (tertiary/aromatic N) is 1. The molecular formula is C11H12N2O3.